The van der Waals surface area contributed by atoms with E-state index in [-0.39, 0.29) is 5.69 Å². The second kappa shape index (κ2) is 7.60. The van der Waals surface area contributed by atoms with Crippen LogP contribution in [0.4, 0.5) is 5.69 Å². The SMILES string of the molecule is COc1ccc(Cl)cc1NC(=O)[C@H](C)OC(=O)c1ccccn1. The first kappa shape index (κ1) is 16.8. The van der Waals surface area contributed by atoms with E-state index < -0.39 is 18.0 Å². The van der Waals surface area contributed by atoms with E-state index in [4.69, 9.17) is 21.1 Å². The summed E-state index contributed by atoms with van der Waals surface area (Å²) < 4.78 is 10.2. The first-order valence-corrected chi connectivity index (χ1v) is 7.15. The predicted molar refractivity (Wildman–Crippen MR) is 85.7 cm³/mol. The van der Waals surface area contributed by atoms with Crippen molar-refractivity contribution in [2.24, 2.45) is 0 Å². The van der Waals surface area contributed by atoms with Crippen molar-refractivity contribution in [1.29, 1.82) is 0 Å². The van der Waals surface area contributed by atoms with Crippen LogP contribution in [0.5, 0.6) is 5.75 Å². The van der Waals surface area contributed by atoms with Crippen molar-refractivity contribution in [3.63, 3.8) is 0 Å². The second-order valence-electron chi connectivity index (χ2n) is 4.60. The Morgan fingerprint density at radius 1 is 1.26 bits per heavy atom. The zero-order chi connectivity index (χ0) is 16.8. The number of pyridine rings is 1. The Morgan fingerprint density at radius 2 is 2.04 bits per heavy atom. The van der Waals surface area contributed by atoms with Gasteiger partial charge in [0.25, 0.3) is 5.91 Å². The summed E-state index contributed by atoms with van der Waals surface area (Å²) in [6, 6.07) is 9.66. The molecule has 1 amide bonds. The number of carbonyl (C=O) groups is 2. The van der Waals surface area contributed by atoms with E-state index in [1.54, 1.807) is 30.3 Å². The summed E-state index contributed by atoms with van der Waals surface area (Å²) >= 11 is 5.90. The molecule has 120 valence electrons. The van der Waals surface area contributed by atoms with Gasteiger partial charge in [0.05, 0.1) is 12.8 Å². The van der Waals surface area contributed by atoms with Crippen LogP contribution < -0.4 is 10.1 Å². The number of rotatable bonds is 5. The van der Waals surface area contributed by atoms with Crippen LogP contribution in [0.2, 0.25) is 5.02 Å². The number of ether oxygens (including phenoxy) is 2. The number of nitrogens with zero attached hydrogens (tertiary/aromatic N) is 1. The van der Waals surface area contributed by atoms with E-state index in [1.165, 1.54) is 26.3 Å². The Kier molecular flexibility index (Phi) is 5.54. The van der Waals surface area contributed by atoms with Gasteiger partial charge < -0.3 is 14.8 Å². The van der Waals surface area contributed by atoms with Crippen LogP contribution in [0.3, 0.4) is 0 Å². The number of aromatic nitrogens is 1. The standard InChI is InChI=1S/C16H15ClN2O4/c1-10(23-16(21)12-5-3-4-8-18-12)15(20)19-13-9-11(17)6-7-14(13)22-2/h3-10H,1-2H3,(H,19,20)/t10-/m0/s1. The lowest BCUT2D eigenvalue weighted by molar-refractivity contribution is -0.123. The molecule has 6 nitrogen and oxygen atoms in total. The molecule has 0 unspecified atom stereocenters. The monoisotopic (exact) mass is 334 g/mol. The van der Waals surface area contributed by atoms with Crippen molar-refractivity contribution in [3.05, 3.63) is 53.3 Å². The molecular formula is C16H15ClN2O4. The fourth-order valence-corrected chi connectivity index (χ4v) is 1.94. The number of amides is 1. The number of esters is 1. The molecule has 7 heteroatoms. The average molecular weight is 335 g/mol. The maximum Gasteiger partial charge on any atom is 0.357 e. The summed E-state index contributed by atoms with van der Waals surface area (Å²) in [5, 5.41) is 3.06. The normalized spacial score (nSPS) is 11.4. The first-order valence-electron chi connectivity index (χ1n) is 6.77. The fourth-order valence-electron chi connectivity index (χ4n) is 1.77. The molecule has 0 aliphatic heterocycles. The molecule has 0 bridgehead atoms. The molecule has 0 saturated carbocycles. The third-order valence-corrected chi connectivity index (χ3v) is 3.18. The van der Waals surface area contributed by atoms with Crippen LogP contribution >= 0.6 is 11.6 Å². The van der Waals surface area contributed by atoms with Gasteiger partial charge in [0.15, 0.2) is 6.10 Å². The van der Waals surface area contributed by atoms with Gasteiger partial charge in [-0.3, -0.25) is 4.79 Å². The Labute approximate surface area is 138 Å². The van der Waals surface area contributed by atoms with E-state index in [0.29, 0.717) is 16.5 Å². The molecule has 2 aromatic rings. The molecule has 23 heavy (non-hydrogen) atoms. The van der Waals surface area contributed by atoms with Gasteiger partial charge in [-0.25, -0.2) is 9.78 Å². The topological polar surface area (TPSA) is 77.5 Å². The van der Waals surface area contributed by atoms with Crippen LogP contribution in [0, 0.1) is 0 Å². The molecule has 1 atom stereocenters. The number of benzene rings is 1. The molecule has 0 aliphatic carbocycles. The zero-order valence-corrected chi connectivity index (χ0v) is 13.3. The summed E-state index contributed by atoms with van der Waals surface area (Å²) in [5.41, 5.74) is 0.526. The van der Waals surface area contributed by atoms with Gasteiger partial charge in [0, 0.05) is 11.2 Å². The number of hydrogen-bond acceptors (Lipinski definition) is 5. The molecule has 0 aliphatic rings. The van der Waals surface area contributed by atoms with Crippen molar-refractivity contribution in [1.82, 2.24) is 4.98 Å². The lowest BCUT2D eigenvalue weighted by atomic mass is 10.2. The maximum absolute atomic E-state index is 12.2. The van der Waals surface area contributed by atoms with Crippen LogP contribution in [0.1, 0.15) is 17.4 Å². The fraction of sp³-hybridized carbons (Fsp3) is 0.188. The highest BCUT2D eigenvalue weighted by Crippen LogP contribution is 2.27. The van der Waals surface area contributed by atoms with E-state index in [1.807, 2.05) is 0 Å². The quantitative estimate of drug-likeness (QED) is 0.851. The van der Waals surface area contributed by atoms with Crippen molar-refractivity contribution in [2.45, 2.75) is 13.0 Å². The molecule has 0 fully saturated rings. The highest BCUT2D eigenvalue weighted by Gasteiger charge is 2.20. The predicted octanol–water partition coefficient (Wildman–Crippen LogP) is 2.93. The molecule has 1 N–H and O–H groups in total. The summed E-state index contributed by atoms with van der Waals surface area (Å²) in [6.45, 7) is 1.47. The number of halogens is 1. The molecule has 1 heterocycles. The highest BCUT2D eigenvalue weighted by atomic mass is 35.5. The van der Waals surface area contributed by atoms with Gasteiger partial charge in [0.1, 0.15) is 11.4 Å². The number of hydrogen-bond donors (Lipinski definition) is 1. The van der Waals surface area contributed by atoms with Crippen molar-refractivity contribution in [2.75, 3.05) is 12.4 Å². The van der Waals surface area contributed by atoms with Crippen LogP contribution in [-0.4, -0.2) is 30.1 Å². The van der Waals surface area contributed by atoms with Gasteiger partial charge in [-0.05, 0) is 37.3 Å². The van der Waals surface area contributed by atoms with Gasteiger partial charge in [-0.2, -0.15) is 0 Å². The number of carbonyl (C=O) groups excluding carboxylic acids is 2. The molecule has 0 spiro atoms. The lowest BCUT2D eigenvalue weighted by Gasteiger charge is -2.15. The smallest absolute Gasteiger partial charge is 0.357 e. The Bertz CT molecular complexity index is 706. The van der Waals surface area contributed by atoms with E-state index >= 15 is 0 Å². The van der Waals surface area contributed by atoms with Crippen molar-refractivity contribution >= 4 is 29.2 Å². The van der Waals surface area contributed by atoms with Gasteiger partial charge >= 0.3 is 5.97 Å². The Balaban J connectivity index is 2.03. The van der Waals surface area contributed by atoms with Crippen LogP contribution in [0.15, 0.2) is 42.6 Å². The third kappa shape index (κ3) is 4.43. The summed E-state index contributed by atoms with van der Waals surface area (Å²) in [7, 11) is 1.48. The van der Waals surface area contributed by atoms with Gasteiger partial charge in [0.2, 0.25) is 0 Å². The summed E-state index contributed by atoms with van der Waals surface area (Å²) in [4.78, 5) is 27.9. The number of anilines is 1. The minimum absolute atomic E-state index is 0.132. The average Bonchev–Trinajstić information content (AvgIpc) is 2.55. The number of nitrogens with one attached hydrogen (secondary N) is 1. The van der Waals surface area contributed by atoms with E-state index in [9.17, 15) is 9.59 Å². The van der Waals surface area contributed by atoms with E-state index in [2.05, 4.69) is 10.3 Å². The largest absolute Gasteiger partial charge is 0.495 e. The molecule has 2 rings (SSSR count). The summed E-state index contributed by atoms with van der Waals surface area (Å²) in [6.07, 6.45) is 0.464. The molecule has 0 radical (unpaired) electrons. The van der Waals surface area contributed by atoms with Crippen molar-refractivity contribution < 1.29 is 19.1 Å². The van der Waals surface area contributed by atoms with Crippen LogP contribution in [-0.2, 0) is 9.53 Å². The molecule has 1 aromatic heterocycles. The number of methoxy groups -OCH3 is 1. The van der Waals surface area contributed by atoms with Crippen LogP contribution in [0.25, 0.3) is 0 Å². The van der Waals surface area contributed by atoms with Crippen molar-refractivity contribution in [3.8, 4) is 5.75 Å². The zero-order valence-electron chi connectivity index (χ0n) is 12.6. The highest BCUT2D eigenvalue weighted by molar-refractivity contribution is 6.31. The minimum atomic E-state index is -1.01. The maximum atomic E-state index is 12.2. The molecule has 0 saturated heterocycles. The third-order valence-electron chi connectivity index (χ3n) is 2.95. The first-order chi connectivity index (χ1) is 11.0. The molecular weight excluding hydrogens is 320 g/mol. The Hall–Kier alpha value is -2.60. The second-order valence-corrected chi connectivity index (χ2v) is 5.03. The summed E-state index contributed by atoms with van der Waals surface area (Å²) in [5.74, 6) is -0.729. The lowest BCUT2D eigenvalue weighted by Crippen LogP contribution is -2.30. The molecule has 1 aromatic carbocycles. The Morgan fingerprint density at radius 3 is 2.70 bits per heavy atom. The minimum Gasteiger partial charge on any atom is -0.495 e. The van der Waals surface area contributed by atoms with E-state index in [0.717, 1.165) is 0 Å². The van der Waals surface area contributed by atoms with Gasteiger partial charge in [-0.1, -0.05) is 17.7 Å². The van der Waals surface area contributed by atoms with Gasteiger partial charge in [-0.15, -0.1) is 0 Å².